The van der Waals surface area contributed by atoms with Crippen molar-refractivity contribution in [3.63, 3.8) is 0 Å². The van der Waals surface area contributed by atoms with Crippen LogP contribution in [0.15, 0.2) is 35.7 Å². The summed E-state index contributed by atoms with van der Waals surface area (Å²) in [5.41, 5.74) is 3.48. The number of hydrogen-bond acceptors (Lipinski definition) is 7. The molecule has 0 spiro atoms. The lowest BCUT2D eigenvalue weighted by atomic mass is 9.96. The molecule has 1 aliphatic rings. The Morgan fingerprint density at radius 3 is 2.55 bits per heavy atom. The van der Waals surface area contributed by atoms with E-state index in [9.17, 15) is 14.4 Å². The van der Waals surface area contributed by atoms with Crippen molar-refractivity contribution in [2.24, 2.45) is 5.16 Å². The Kier molecular flexibility index (Phi) is 7.22. The first kappa shape index (κ1) is 21.8. The molecule has 0 atom stereocenters. The minimum Gasteiger partial charge on any atom is -0.462 e. The number of rotatable bonds is 5. The van der Waals surface area contributed by atoms with Crippen molar-refractivity contribution in [1.29, 1.82) is 0 Å². The first-order valence-electron chi connectivity index (χ1n) is 8.94. The Hall–Kier alpha value is -3.51. The summed E-state index contributed by atoms with van der Waals surface area (Å²) in [6.07, 6.45) is 4.42. The van der Waals surface area contributed by atoms with Gasteiger partial charge in [-0.25, -0.2) is 4.79 Å². The van der Waals surface area contributed by atoms with Gasteiger partial charge in [0.15, 0.2) is 0 Å². The topological polar surface area (TPSA) is 111 Å². The molecule has 0 saturated carbocycles. The molecule has 2 aromatic rings. The Morgan fingerprint density at radius 2 is 2.03 bits per heavy atom. The van der Waals surface area contributed by atoms with Crippen LogP contribution in [0.1, 0.15) is 54.2 Å². The molecule has 8 heteroatoms. The molecule has 0 unspecified atom stereocenters. The number of fused-ring (bicyclic) bond motifs is 1. The van der Waals surface area contributed by atoms with Crippen molar-refractivity contribution >= 4 is 29.5 Å². The number of carbonyl (C=O) groups is 2. The molecule has 0 radical (unpaired) electrons. The van der Waals surface area contributed by atoms with Crippen LogP contribution in [-0.2, 0) is 25.6 Å². The number of aryl methyl sites for hydroxylation is 1. The van der Waals surface area contributed by atoms with E-state index in [2.05, 4.69) is 20.1 Å². The number of carbonyl (C=O) groups excluding carboxylic acids is 3. The summed E-state index contributed by atoms with van der Waals surface area (Å²) in [4.78, 5) is 38.0. The van der Waals surface area contributed by atoms with E-state index in [0.717, 1.165) is 29.7 Å². The molecule has 152 valence electrons. The van der Waals surface area contributed by atoms with Crippen LogP contribution in [0.3, 0.4) is 0 Å². The van der Waals surface area contributed by atoms with E-state index in [-0.39, 0.29) is 11.2 Å². The molecule has 1 aliphatic carbocycles. The number of benzene rings is 1. The Morgan fingerprint density at radius 1 is 1.28 bits per heavy atom. The fourth-order valence-corrected chi connectivity index (χ4v) is 2.73. The number of ether oxygens (including phenoxy) is 1. The largest absolute Gasteiger partial charge is 0.462 e. The fraction of sp³-hybridized carbons (Fsp3) is 0.333. The predicted molar refractivity (Wildman–Crippen MR) is 107 cm³/mol. The predicted octanol–water partition coefficient (Wildman–Crippen LogP) is 2.76. The molecule has 1 aromatic heterocycles. The third-order valence-corrected chi connectivity index (χ3v) is 4.03. The Bertz CT molecular complexity index is 949. The number of H-pyrrole nitrogens is 1. The first-order valence-corrected chi connectivity index (χ1v) is 8.94. The standard InChI is InChI=1S/C16H13N3O3.C5H10O2/c1-22-19-15-5-3-10-6-11(2-4-13(10)15)14(9-20)16(21)12-7-17-18-8-12;1-5(2,3)7-4-6/h2,4,6-8H,3,5H2,1H3,(H,17,18);4H,1-3H3. The zero-order valence-corrected chi connectivity index (χ0v) is 16.8. The van der Waals surface area contributed by atoms with E-state index in [0.29, 0.717) is 17.6 Å². The zero-order valence-electron chi connectivity index (χ0n) is 16.8. The number of nitrogens with zero attached hydrogens (tertiary/aromatic N) is 2. The first-order chi connectivity index (χ1) is 13.8. The van der Waals surface area contributed by atoms with E-state index in [1.807, 2.05) is 32.9 Å². The second-order valence-corrected chi connectivity index (χ2v) is 7.21. The van der Waals surface area contributed by atoms with Crippen LogP contribution in [0.5, 0.6) is 0 Å². The lowest BCUT2D eigenvalue weighted by Crippen LogP contribution is -2.17. The van der Waals surface area contributed by atoms with Crippen molar-refractivity contribution < 1.29 is 24.0 Å². The van der Waals surface area contributed by atoms with Gasteiger partial charge >= 0.3 is 0 Å². The molecule has 29 heavy (non-hydrogen) atoms. The van der Waals surface area contributed by atoms with Crippen molar-refractivity contribution in [3.05, 3.63) is 52.8 Å². The molecule has 8 nitrogen and oxygen atoms in total. The monoisotopic (exact) mass is 397 g/mol. The van der Waals surface area contributed by atoms with Gasteiger partial charge in [0, 0.05) is 11.8 Å². The molecular weight excluding hydrogens is 374 g/mol. The van der Waals surface area contributed by atoms with Gasteiger partial charge in [0.1, 0.15) is 24.2 Å². The summed E-state index contributed by atoms with van der Waals surface area (Å²) < 4.78 is 4.55. The number of aromatic amines is 1. The highest BCUT2D eigenvalue weighted by Gasteiger charge is 2.22. The van der Waals surface area contributed by atoms with E-state index in [4.69, 9.17) is 4.84 Å². The molecule has 1 N–H and O–H groups in total. The normalized spacial score (nSPS) is 13.6. The van der Waals surface area contributed by atoms with E-state index in [1.54, 1.807) is 12.0 Å². The van der Waals surface area contributed by atoms with Gasteiger partial charge in [-0.3, -0.25) is 14.7 Å². The van der Waals surface area contributed by atoms with E-state index in [1.165, 1.54) is 19.5 Å². The van der Waals surface area contributed by atoms with Gasteiger partial charge < -0.3 is 9.57 Å². The smallest absolute Gasteiger partial charge is 0.293 e. The maximum Gasteiger partial charge on any atom is 0.293 e. The molecule has 1 heterocycles. The average Bonchev–Trinajstić information content (AvgIpc) is 3.32. The maximum absolute atomic E-state index is 12.3. The van der Waals surface area contributed by atoms with Gasteiger partial charge in [-0.15, -0.1) is 0 Å². The van der Waals surface area contributed by atoms with Crippen molar-refractivity contribution in [2.45, 2.75) is 39.2 Å². The van der Waals surface area contributed by atoms with Gasteiger partial charge in [-0.05, 0) is 50.8 Å². The van der Waals surface area contributed by atoms with Crippen LogP contribution in [-0.4, -0.2) is 46.8 Å². The minimum atomic E-state index is -0.396. The quantitative estimate of drug-likeness (QED) is 0.273. The van der Waals surface area contributed by atoms with Crippen molar-refractivity contribution in [1.82, 2.24) is 10.2 Å². The van der Waals surface area contributed by atoms with E-state index >= 15 is 0 Å². The van der Waals surface area contributed by atoms with Crippen LogP contribution < -0.4 is 0 Å². The Labute approximate surface area is 168 Å². The summed E-state index contributed by atoms with van der Waals surface area (Å²) in [7, 11) is 1.51. The Balaban J connectivity index is 0.000000370. The van der Waals surface area contributed by atoms with Gasteiger partial charge in [0.2, 0.25) is 5.78 Å². The van der Waals surface area contributed by atoms with Crippen molar-refractivity contribution in [3.8, 4) is 0 Å². The molecule has 0 saturated heterocycles. The fourth-order valence-electron chi connectivity index (χ4n) is 2.73. The number of Topliss-reactive ketones (excluding diaryl/α,β-unsaturated/α-hetero) is 1. The third kappa shape index (κ3) is 5.73. The number of oxime groups is 1. The summed E-state index contributed by atoms with van der Waals surface area (Å²) >= 11 is 0. The van der Waals surface area contributed by atoms with E-state index < -0.39 is 5.78 Å². The van der Waals surface area contributed by atoms with Crippen LogP contribution >= 0.6 is 0 Å². The van der Waals surface area contributed by atoms with Crippen LogP contribution in [0.25, 0.3) is 5.57 Å². The third-order valence-electron chi connectivity index (χ3n) is 4.03. The highest BCUT2D eigenvalue weighted by Crippen LogP contribution is 2.27. The van der Waals surface area contributed by atoms with Gasteiger partial charge in [0.05, 0.1) is 17.5 Å². The van der Waals surface area contributed by atoms with Gasteiger partial charge in [-0.2, -0.15) is 5.10 Å². The molecule has 0 aliphatic heterocycles. The SMILES string of the molecule is CC(C)(C)OC=O.CON=C1CCc2cc(C(=C=O)C(=O)c3cn[nH]c3)ccc21. The number of ketones is 1. The van der Waals surface area contributed by atoms with Crippen molar-refractivity contribution in [2.75, 3.05) is 7.11 Å². The summed E-state index contributed by atoms with van der Waals surface area (Å²) in [6, 6.07) is 5.43. The summed E-state index contributed by atoms with van der Waals surface area (Å²) in [5.74, 6) is 1.36. The zero-order chi connectivity index (χ0) is 21.4. The average molecular weight is 397 g/mol. The number of nitrogens with one attached hydrogen (secondary N) is 1. The molecule has 0 fully saturated rings. The minimum absolute atomic E-state index is 0.00123. The lowest BCUT2D eigenvalue weighted by molar-refractivity contribution is -0.138. The number of hydrogen-bond donors (Lipinski definition) is 1. The summed E-state index contributed by atoms with van der Waals surface area (Å²) in [5, 5.41) is 10.3. The number of aromatic nitrogens is 2. The second kappa shape index (κ2) is 9.61. The second-order valence-electron chi connectivity index (χ2n) is 7.21. The maximum atomic E-state index is 12.3. The van der Waals surface area contributed by atoms with Gasteiger partial charge in [-0.1, -0.05) is 17.3 Å². The highest BCUT2D eigenvalue weighted by molar-refractivity contribution is 6.35. The lowest BCUT2D eigenvalue weighted by Gasteiger charge is -2.14. The van der Waals surface area contributed by atoms with Crippen LogP contribution in [0.4, 0.5) is 0 Å². The van der Waals surface area contributed by atoms with Gasteiger partial charge in [0.25, 0.3) is 6.47 Å². The molecular formula is C21H23N3O5. The molecule has 3 rings (SSSR count). The molecule has 1 aromatic carbocycles. The molecule has 0 bridgehead atoms. The number of allylic oxidation sites excluding steroid dienone is 1. The van der Waals surface area contributed by atoms with Crippen LogP contribution in [0.2, 0.25) is 0 Å². The summed E-state index contributed by atoms with van der Waals surface area (Å²) in [6.45, 7) is 5.92. The molecule has 0 amide bonds. The van der Waals surface area contributed by atoms with Crippen LogP contribution in [0, 0.1) is 0 Å². The highest BCUT2D eigenvalue weighted by atomic mass is 16.6.